The van der Waals surface area contributed by atoms with Crippen molar-refractivity contribution in [2.45, 2.75) is 0 Å². The minimum absolute atomic E-state index is 0.338. The van der Waals surface area contributed by atoms with Crippen molar-refractivity contribution < 1.29 is 9.53 Å². The van der Waals surface area contributed by atoms with Crippen LogP contribution in [-0.2, 0) is 9.53 Å². The van der Waals surface area contributed by atoms with E-state index in [1.165, 1.54) is 7.11 Å². The van der Waals surface area contributed by atoms with Gasteiger partial charge >= 0.3 is 5.97 Å². The fraction of sp³-hybridized carbons (Fsp3) is 0.100. The van der Waals surface area contributed by atoms with E-state index in [4.69, 9.17) is 23.2 Å². The van der Waals surface area contributed by atoms with E-state index in [2.05, 4.69) is 16.6 Å². The zero-order valence-electron chi connectivity index (χ0n) is 7.30. The van der Waals surface area contributed by atoms with Crippen molar-refractivity contribution >= 4 is 29.2 Å². The molecule has 0 amide bonds. The van der Waals surface area contributed by atoms with Gasteiger partial charge in [0.05, 0.1) is 17.2 Å². The molecule has 0 bridgehead atoms. The fourth-order valence-corrected chi connectivity index (χ4v) is 1.12. The first-order valence-electron chi connectivity index (χ1n) is 3.69. The number of ether oxygens (including phenoxy) is 1. The third kappa shape index (κ3) is 2.66. The van der Waals surface area contributed by atoms with Gasteiger partial charge in [-0.1, -0.05) is 35.2 Å². The van der Waals surface area contributed by atoms with Gasteiger partial charge < -0.3 is 4.74 Å². The normalized spacial score (nSPS) is 8.79. The molecule has 0 saturated carbocycles. The van der Waals surface area contributed by atoms with Gasteiger partial charge in [0, 0.05) is 11.5 Å². The number of hydrogen-bond donors (Lipinski definition) is 0. The summed E-state index contributed by atoms with van der Waals surface area (Å²) in [6.45, 7) is 0. The van der Waals surface area contributed by atoms with Crippen molar-refractivity contribution in [3.8, 4) is 11.8 Å². The molecule has 0 saturated heterocycles. The van der Waals surface area contributed by atoms with Gasteiger partial charge in [0.2, 0.25) is 0 Å². The van der Waals surface area contributed by atoms with Crippen molar-refractivity contribution in [2.24, 2.45) is 0 Å². The van der Waals surface area contributed by atoms with Crippen LogP contribution >= 0.6 is 23.2 Å². The first kappa shape index (κ1) is 10.9. The quantitative estimate of drug-likeness (QED) is 0.504. The molecular formula is C10H6Cl2O2. The maximum absolute atomic E-state index is 10.7. The maximum atomic E-state index is 10.7. The van der Waals surface area contributed by atoms with Crippen LogP contribution in [0.15, 0.2) is 18.2 Å². The van der Waals surface area contributed by atoms with Gasteiger partial charge in [-0.2, -0.15) is 0 Å². The molecule has 1 aromatic carbocycles. The van der Waals surface area contributed by atoms with E-state index in [-0.39, 0.29) is 0 Å². The summed E-state index contributed by atoms with van der Waals surface area (Å²) in [5.41, 5.74) is 0.504. The molecule has 0 aliphatic heterocycles. The second-order valence-electron chi connectivity index (χ2n) is 2.34. The van der Waals surface area contributed by atoms with Gasteiger partial charge in [-0.25, -0.2) is 4.79 Å². The number of methoxy groups -OCH3 is 1. The van der Waals surface area contributed by atoms with Gasteiger partial charge in [-0.15, -0.1) is 0 Å². The second kappa shape index (κ2) is 4.90. The first-order chi connectivity index (χ1) is 6.65. The third-order valence-corrected chi connectivity index (χ3v) is 2.26. The van der Waals surface area contributed by atoms with Crippen LogP contribution in [0.1, 0.15) is 5.56 Å². The van der Waals surface area contributed by atoms with Crippen LogP contribution < -0.4 is 0 Å². The standard InChI is InChI=1S/C10H6Cl2O2/c1-14-9(13)6-5-7-3-2-4-8(11)10(7)12/h2-4H,1H3. The van der Waals surface area contributed by atoms with Gasteiger partial charge in [0.1, 0.15) is 0 Å². The number of rotatable bonds is 0. The number of esters is 1. The highest BCUT2D eigenvalue weighted by molar-refractivity contribution is 6.42. The Bertz CT molecular complexity index is 416. The SMILES string of the molecule is COC(=O)C#Cc1cccc(Cl)c1Cl. The van der Waals surface area contributed by atoms with Crippen molar-refractivity contribution in [3.05, 3.63) is 33.8 Å². The molecule has 14 heavy (non-hydrogen) atoms. The highest BCUT2D eigenvalue weighted by Gasteiger charge is 2.01. The van der Waals surface area contributed by atoms with Crippen molar-refractivity contribution in [3.63, 3.8) is 0 Å². The molecule has 72 valence electrons. The number of halogens is 2. The number of carbonyl (C=O) groups is 1. The van der Waals surface area contributed by atoms with Crippen molar-refractivity contribution in [1.29, 1.82) is 0 Å². The van der Waals surface area contributed by atoms with E-state index in [1.54, 1.807) is 18.2 Å². The minimum atomic E-state index is -0.610. The van der Waals surface area contributed by atoms with Crippen LogP contribution in [0.5, 0.6) is 0 Å². The van der Waals surface area contributed by atoms with Crippen LogP contribution in [0.25, 0.3) is 0 Å². The van der Waals surface area contributed by atoms with Crippen LogP contribution in [0.4, 0.5) is 0 Å². The zero-order chi connectivity index (χ0) is 10.6. The minimum Gasteiger partial charge on any atom is -0.459 e. The number of carbonyl (C=O) groups excluding carboxylic acids is 1. The Labute approximate surface area is 91.8 Å². The van der Waals surface area contributed by atoms with E-state index in [9.17, 15) is 4.79 Å². The Balaban J connectivity index is 3.01. The van der Waals surface area contributed by atoms with Crippen molar-refractivity contribution in [2.75, 3.05) is 7.11 Å². The first-order valence-corrected chi connectivity index (χ1v) is 4.44. The van der Waals surface area contributed by atoms with Crippen LogP contribution in [0.3, 0.4) is 0 Å². The molecule has 0 atom stereocenters. The van der Waals surface area contributed by atoms with Gasteiger partial charge in [0.15, 0.2) is 0 Å². The maximum Gasteiger partial charge on any atom is 0.384 e. The lowest BCUT2D eigenvalue weighted by Gasteiger charge is -1.96. The summed E-state index contributed by atoms with van der Waals surface area (Å²) < 4.78 is 4.35. The Hall–Kier alpha value is -1.17. The molecule has 4 heteroatoms. The van der Waals surface area contributed by atoms with E-state index in [0.717, 1.165) is 0 Å². The Kier molecular flexibility index (Phi) is 3.82. The lowest BCUT2D eigenvalue weighted by Crippen LogP contribution is -1.94. The molecule has 0 radical (unpaired) electrons. The number of benzene rings is 1. The van der Waals surface area contributed by atoms with Crippen LogP contribution in [0, 0.1) is 11.8 Å². The predicted molar refractivity (Wildman–Crippen MR) is 55.4 cm³/mol. The Morgan fingerprint density at radius 1 is 1.43 bits per heavy atom. The average Bonchev–Trinajstić information content (AvgIpc) is 2.20. The summed E-state index contributed by atoms with van der Waals surface area (Å²) in [5, 5.41) is 0.744. The summed E-state index contributed by atoms with van der Waals surface area (Å²) in [5.74, 6) is 4.22. The molecule has 0 aliphatic carbocycles. The highest BCUT2D eigenvalue weighted by atomic mass is 35.5. The van der Waals surface area contributed by atoms with Crippen molar-refractivity contribution in [1.82, 2.24) is 0 Å². The van der Waals surface area contributed by atoms with Gasteiger partial charge in [-0.3, -0.25) is 0 Å². The summed E-state index contributed by atoms with van der Waals surface area (Å²) in [6.07, 6.45) is 0. The summed E-state index contributed by atoms with van der Waals surface area (Å²) in [4.78, 5) is 10.7. The highest BCUT2D eigenvalue weighted by Crippen LogP contribution is 2.24. The zero-order valence-corrected chi connectivity index (χ0v) is 8.82. The van der Waals surface area contributed by atoms with E-state index < -0.39 is 5.97 Å². The molecule has 1 aromatic rings. The third-order valence-electron chi connectivity index (χ3n) is 1.44. The smallest absolute Gasteiger partial charge is 0.384 e. The second-order valence-corrected chi connectivity index (χ2v) is 3.13. The predicted octanol–water partition coefficient (Wildman–Crippen LogP) is 2.52. The van der Waals surface area contributed by atoms with Crippen LogP contribution in [0.2, 0.25) is 10.0 Å². The van der Waals surface area contributed by atoms with E-state index in [0.29, 0.717) is 15.6 Å². The summed E-state index contributed by atoms with van der Waals surface area (Å²) >= 11 is 11.6. The molecule has 0 unspecified atom stereocenters. The monoisotopic (exact) mass is 228 g/mol. The Morgan fingerprint density at radius 2 is 2.14 bits per heavy atom. The molecule has 0 aromatic heterocycles. The fourth-order valence-electron chi connectivity index (χ4n) is 0.770. The molecule has 0 N–H and O–H groups in total. The molecule has 0 aliphatic rings. The topological polar surface area (TPSA) is 26.3 Å². The van der Waals surface area contributed by atoms with Crippen LogP contribution in [-0.4, -0.2) is 13.1 Å². The molecular weight excluding hydrogens is 223 g/mol. The molecule has 0 heterocycles. The van der Waals surface area contributed by atoms with Gasteiger partial charge in [0.25, 0.3) is 0 Å². The van der Waals surface area contributed by atoms with E-state index >= 15 is 0 Å². The van der Waals surface area contributed by atoms with Gasteiger partial charge in [-0.05, 0) is 12.1 Å². The molecule has 2 nitrogen and oxygen atoms in total. The average molecular weight is 229 g/mol. The summed E-state index contributed by atoms with van der Waals surface area (Å²) in [7, 11) is 1.26. The molecule has 0 fully saturated rings. The lowest BCUT2D eigenvalue weighted by molar-refractivity contribution is -0.133. The number of hydrogen-bond acceptors (Lipinski definition) is 2. The molecule has 0 spiro atoms. The van der Waals surface area contributed by atoms with E-state index in [1.807, 2.05) is 0 Å². The Morgan fingerprint density at radius 3 is 2.79 bits per heavy atom. The summed E-state index contributed by atoms with van der Waals surface area (Å²) in [6, 6.07) is 5.02. The largest absolute Gasteiger partial charge is 0.459 e. The lowest BCUT2D eigenvalue weighted by atomic mass is 10.2. The molecule has 1 rings (SSSR count).